The van der Waals surface area contributed by atoms with Gasteiger partial charge in [0.25, 0.3) is 17.7 Å². The Balaban J connectivity index is 1.75. The fourth-order valence-corrected chi connectivity index (χ4v) is 3.05. The number of fused-ring (bicyclic) bond motifs is 1. The zero-order valence-electron chi connectivity index (χ0n) is 17.3. The van der Waals surface area contributed by atoms with Crippen molar-refractivity contribution < 1.29 is 33.4 Å². The lowest BCUT2D eigenvalue weighted by molar-refractivity contribution is -0.151. The molecule has 30 heavy (non-hydrogen) atoms. The first-order chi connectivity index (χ1) is 14.3. The van der Waals surface area contributed by atoms with Gasteiger partial charge in [-0.15, -0.1) is 0 Å². The van der Waals surface area contributed by atoms with E-state index < -0.39 is 30.5 Å². The van der Waals surface area contributed by atoms with E-state index in [0.717, 1.165) is 4.90 Å². The van der Waals surface area contributed by atoms with Crippen LogP contribution in [0.5, 0.6) is 0 Å². The first kappa shape index (κ1) is 23.1. The molecule has 1 N–H and O–H groups in total. The Labute approximate surface area is 174 Å². The lowest BCUT2D eigenvalue weighted by Gasteiger charge is -2.21. The summed E-state index contributed by atoms with van der Waals surface area (Å²) in [6, 6.07) is 5.72. The predicted octanol–water partition coefficient (Wildman–Crippen LogP) is 1.31. The van der Waals surface area contributed by atoms with Gasteiger partial charge in [-0.1, -0.05) is 32.4 Å². The summed E-state index contributed by atoms with van der Waals surface area (Å²) < 4.78 is 9.60. The smallest absolute Gasteiger partial charge is 0.328 e. The molecule has 0 aromatic heterocycles. The van der Waals surface area contributed by atoms with Gasteiger partial charge in [-0.05, 0) is 24.5 Å². The van der Waals surface area contributed by atoms with Crippen LogP contribution in [0.1, 0.15) is 53.8 Å². The normalized spacial score (nSPS) is 14.7. The third-order valence-corrected chi connectivity index (χ3v) is 4.99. The molecule has 0 radical (unpaired) electrons. The Bertz CT molecular complexity index is 801. The molecule has 0 unspecified atom stereocenters. The van der Waals surface area contributed by atoms with Gasteiger partial charge >= 0.3 is 11.9 Å². The van der Waals surface area contributed by atoms with Crippen LogP contribution in [0, 0.1) is 5.92 Å². The maximum Gasteiger partial charge on any atom is 0.328 e. The number of methoxy groups -OCH3 is 1. The number of rotatable bonds is 10. The van der Waals surface area contributed by atoms with E-state index in [9.17, 15) is 24.0 Å². The van der Waals surface area contributed by atoms with Crippen molar-refractivity contribution >= 4 is 29.7 Å². The van der Waals surface area contributed by atoms with Gasteiger partial charge in [-0.3, -0.25) is 24.1 Å². The highest BCUT2D eigenvalue weighted by molar-refractivity contribution is 6.21. The minimum atomic E-state index is -0.819. The van der Waals surface area contributed by atoms with Crippen LogP contribution in [-0.4, -0.2) is 60.9 Å². The topological polar surface area (TPSA) is 119 Å². The molecule has 0 fully saturated rings. The summed E-state index contributed by atoms with van der Waals surface area (Å²) in [5.41, 5.74) is 0.700. The summed E-state index contributed by atoms with van der Waals surface area (Å²) in [6.07, 6.45) is 0.799. The summed E-state index contributed by atoms with van der Waals surface area (Å²) in [5, 5.41) is 2.51. The van der Waals surface area contributed by atoms with Crippen molar-refractivity contribution in [2.45, 2.75) is 39.2 Å². The van der Waals surface area contributed by atoms with E-state index in [2.05, 4.69) is 10.1 Å². The average Bonchev–Trinajstić information content (AvgIpc) is 3.00. The number of hydrogen-bond donors (Lipinski definition) is 1. The van der Waals surface area contributed by atoms with Gasteiger partial charge in [0.2, 0.25) is 0 Å². The van der Waals surface area contributed by atoms with E-state index in [1.165, 1.54) is 7.11 Å². The molecule has 1 aliphatic rings. The molecule has 0 bridgehead atoms. The standard InChI is InChI=1S/C21H26N2O7/c1-4-13(2)18(21(28)29-3)22-16(24)12-30-17(25)10-7-11-23-19(26)14-8-5-6-9-15(14)20(23)27/h5-6,8-9,13,18H,4,7,10-12H2,1-3H3,(H,22,24)/t13-,18+/m0/s1. The van der Waals surface area contributed by atoms with Crippen LogP contribution in [0.4, 0.5) is 0 Å². The van der Waals surface area contributed by atoms with Crippen molar-refractivity contribution in [3.05, 3.63) is 35.4 Å². The highest BCUT2D eigenvalue weighted by Crippen LogP contribution is 2.22. The number of carbonyl (C=O) groups is 5. The van der Waals surface area contributed by atoms with Crippen LogP contribution in [0.15, 0.2) is 24.3 Å². The number of imide groups is 1. The monoisotopic (exact) mass is 418 g/mol. The van der Waals surface area contributed by atoms with Crippen molar-refractivity contribution in [3.63, 3.8) is 0 Å². The van der Waals surface area contributed by atoms with E-state index in [1.54, 1.807) is 31.2 Å². The zero-order chi connectivity index (χ0) is 22.3. The summed E-state index contributed by atoms with van der Waals surface area (Å²) in [5.74, 6) is -2.73. The minimum Gasteiger partial charge on any atom is -0.467 e. The Kier molecular flexibility index (Phi) is 8.08. The van der Waals surface area contributed by atoms with Crippen molar-refractivity contribution in [2.75, 3.05) is 20.3 Å². The number of esters is 2. The molecule has 1 aromatic rings. The number of nitrogens with one attached hydrogen (secondary N) is 1. The van der Waals surface area contributed by atoms with E-state index >= 15 is 0 Å². The van der Waals surface area contributed by atoms with Crippen molar-refractivity contribution in [3.8, 4) is 0 Å². The van der Waals surface area contributed by atoms with Gasteiger partial charge in [0, 0.05) is 13.0 Å². The summed E-state index contributed by atoms with van der Waals surface area (Å²) in [7, 11) is 1.23. The SMILES string of the molecule is CC[C@H](C)[C@@H](NC(=O)COC(=O)CCCN1C(=O)c2ccccc2C1=O)C(=O)OC. The van der Waals surface area contributed by atoms with E-state index in [0.29, 0.717) is 17.5 Å². The molecular weight excluding hydrogens is 392 g/mol. The van der Waals surface area contributed by atoms with Crippen LogP contribution in [-0.2, 0) is 23.9 Å². The highest BCUT2D eigenvalue weighted by atomic mass is 16.5. The summed E-state index contributed by atoms with van der Waals surface area (Å²) >= 11 is 0. The molecule has 162 valence electrons. The van der Waals surface area contributed by atoms with Crippen LogP contribution in [0.2, 0.25) is 0 Å². The molecule has 1 aromatic carbocycles. The fourth-order valence-electron chi connectivity index (χ4n) is 3.05. The van der Waals surface area contributed by atoms with Gasteiger partial charge in [0.05, 0.1) is 18.2 Å². The minimum absolute atomic E-state index is 0.0630. The Hall–Kier alpha value is -3.23. The van der Waals surface area contributed by atoms with E-state index in [1.807, 2.05) is 6.92 Å². The number of carbonyl (C=O) groups excluding carboxylic acids is 5. The van der Waals surface area contributed by atoms with E-state index in [4.69, 9.17) is 4.74 Å². The predicted molar refractivity (Wildman–Crippen MR) is 105 cm³/mol. The van der Waals surface area contributed by atoms with Crippen molar-refractivity contribution in [1.29, 1.82) is 0 Å². The number of amides is 3. The Morgan fingerprint density at radius 3 is 2.23 bits per heavy atom. The van der Waals surface area contributed by atoms with Crippen LogP contribution >= 0.6 is 0 Å². The maximum absolute atomic E-state index is 12.3. The van der Waals surface area contributed by atoms with Gasteiger partial charge < -0.3 is 14.8 Å². The molecule has 0 saturated carbocycles. The first-order valence-corrected chi connectivity index (χ1v) is 9.78. The second kappa shape index (κ2) is 10.5. The number of nitrogens with zero attached hydrogens (tertiary/aromatic N) is 1. The van der Waals surface area contributed by atoms with Gasteiger partial charge in [-0.2, -0.15) is 0 Å². The molecule has 9 nitrogen and oxygen atoms in total. The molecule has 1 heterocycles. The second-order valence-corrected chi connectivity index (χ2v) is 7.03. The highest BCUT2D eigenvalue weighted by Gasteiger charge is 2.34. The van der Waals surface area contributed by atoms with Crippen LogP contribution < -0.4 is 5.32 Å². The Morgan fingerprint density at radius 2 is 1.70 bits per heavy atom. The average molecular weight is 418 g/mol. The molecule has 0 saturated heterocycles. The number of benzene rings is 1. The van der Waals surface area contributed by atoms with Gasteiger partial charge in [-0.25, -0.2) is 4.79 Å². The van der Waals surface area contributed by atoms with Crippen LogP contribution in [0.25, 0.3) is 0 Å². The second-order valence-electron chi connectivity index (χ2n) is 7.03. The summed E-state index contributed by atoms with van der Waals surface area (Å²) in [6.45, 7) is 3.22. The maximum atomic E-state index is 12.3. The molecule has 0 spiro atoms. The van der Waals surface area contributed by atoms with Crippen LogP contribution in [0.3, 0.4) is 0 Å². The van der Waals surface area contributed by atoms with Gasteiger partial charge in [0.1, 0.15) is 6.04 Å². The molecule has 2 rings (SSSR count). The van der Waals surface area contributed by atoms with Gasteiger partial charge in [0.15, 0.2) is 6.61 Å². The Morgan fingerprint density at radius 1 is 1.10 bits per heavy atom. The molecule has 1 aliphatic heterocycles. The first-order valence-electron chi connectivity index (χ1n) is 9.78. The lowest BCUT2D eigenvalue weighted by Crippen LogP contribution is -2.47. The summed E-state index contributed by atoms with van der Waals surface area (Å²) in [4.78, 5) is 61.3. The zero-order valence-corrected chi connectivity index (χ0v) is 17.3. The quantitative estimate of drug-likeness (QED) is 0.449. The van der Waals surface area contributed by atoms with Crippen molar-refractivity contribution in [2.24, 2.45) is 5.92 Å². The third-order valence-electron chi connectivity index (χ3n) is 4.99. The van der Waals surface area contributed by atoms with Crippen molar-refractivity contribution in [1.82, 2.24) is 10.2 Å². The molecule has 2 atom stereocenters. The number of hydrogen-bond acceptors (Lipinski definition) is 7. The van der Waals surface area contributed by atoms with E-state index in [-0.39, 0.29) is 37.1 Å². The molecule has 0 aliphatic carbocycles. The molecule has 3 amide bonds. The third kappa shape index (κ3) is 5.43. The largest absolute Gasteiger partial charge is 0.467 e. The lowest BCUT2D eigenvalue weighted by atomic mass is 9.99. The number of ether oxygens (including phenoxy) is 2. The molecular formula is C21H26N2O7. The molecule has 9 heteroatoms. The fraction of sp³-hybridized carbons (Fsp3) is 0.476.